The van der Waals surface area contributed by atoms with Crippen LogP contribution in [0.4, 0.5) is 5.69 Å². The molecule has 0 aromatic heterocycles. The lowest BCUT2D eigenvalue weighted by Crippen LogP contribution is -2.27. The molecule has 0 aliphatic carbocycles. The smallest absolute Gasteiger partial charge is 0.237 e. The summed E-state index contributed by atoms with van der Waals surface area (Å²) in [7, 11) is 0. The zero-order valence-corrected chi connectivity index (χ0v) is 12.6. The molecule has 1 aliphatic rings. The van der Waals surface area contributed by atoms with Crippen molar-refractivity contribution >= 4 is 35.0 Å². The number of hydrogen-bond donors (Lipinski definition) is 1. The van der Waals surface area contributed by atoms with Crippen molar-refractivity contribution in [2.75, 3.05) is 16.9 Å². The largest absolute Gasteiger partial charge is 0.325 e. The zero-order valence-electron chi connectivity index (χ0n) is 11.0. The van der Waals surface area contributed by atoms with Crippen LogP contribution in [0.25, 0.3) is 0 Å². The number of rotatable bonds is 5. The predicted molar refractivity (Wildman–Crippen MR) is 84.2 cm³/mol. The van der Waals surface area contributed by atoms with E-state index in [1.807, 2.05) is 12.1 Å². The van der Waals surface area contributed by atoms with Crippen molar-refractivity contribution < 1.29 is 4.79 Å². The molecule has 1 fully saturated rings. The minimum Gasteiger partial charge on any atom is -0.325 e. The van der Waals surface area contributed by atoms with Crippen LogP contribution in [0.5, 0.6) is 0 Å². The van der Waals surface area contributed by atoms with E-state index in [1.54, 1.807) is 11.8 Å². The molecule has 1 amide bonds. The van der Waals surface area contributed by atoms with Crippen molar-refractivity contribution in [3.8, 4) is 0 Å². The number of alkyl halides is 1. The number of nitrogens with one attached hydrogen (secondary N) is 1. The summed E-state index contributed by atoms with van der Waals surface area (Å²) in [5.74, 6) is 1.93. The maximum Gasteiger partial charge on any atom is 0.237 e. The van der Waals surface area contributed by atoms with E-state index in [0.29, 0.717) is 5.88 Å². The molecule has 104 valence electrons. The summed E-state index contributed by atoms with van der Waals surface area (Å²) in [4.78, 5) is 12.1. The summed E-state index contributed by atoms with van der Waals surface area (Å²) in [6.45, 7) is 0. The molecular weight excluding hydrogens is 278 g/mol. The molecule has 1 N–H and O–H groups in total. The Hall–Kier alpha value is -0.670. The van der Waals surface area contributed by atoms with Crippen LogP contribution in [0.1, 0.15) is 31.2 Å². The molecular formula is C15H20ClNOS. The molecule has 1 aromatic rings. The Kier molecular flexibility index (Phi) is 6.05. The fourth-order valence-corrected chi connectivity index (χ4v) is 3.58. The van der Waals surface area contributed by atoms with Gasteiger partial charge in [0.05, 0.1) is 5.25 Å². The van der Waals surface area contributed by atoms with Crippen molar-refractivity contribution in [1.29, 1.82) is 0 Å². The Labute approximate surface area is 124 Å². The Bertz CT molecular complexity index is 418. The highest BCUT2D eigenvalue weighted by atomic mass is 35.5. The van der Waals surface area contributed by atoms with Gasteiger partial charge in [0.25, 0.3) is 0 Å². The van der Waals surface area contributed by atoms with Gasteiger partial charge in [-0.2, -0.15) is 0 Å². The molecule has 4 heteroatoms. The molecule has 0 saturated carbocycles. The predicted octanol–water partition coefficient (Wildman–Crippen LogP) is 4.08. The number of thioether (sulfide) groups is 1. The first kappa shape index (κ1) is 14.7. The van der Waals surface area contributed by atoms with Crippen LogP contribution in [0.15, 0.2) is 24.3 Å². The van der Waals surface area contributed by atoms with E-state index >= 15 is 0 Å². The number of carbonyl (C=O) groups excluding carboxylic acids is 1. The van der Waals surface area contributed by atoms with Crippen LogP contribution in [-0.4, -0.2) is 22.8 Å². The third-order valence-electron chi connectivity index (χ3n) is 3.27. The number of anilines is 1. The van der Waals surface area contributed by atoms with Gasteiger partial charge in [-0.05, 0) is 49.1 Å². The normalized spacial score (nSPS) is 19.1. The van der Waals surface area contributed by atoms with Gasteiger partial charge in [0, 0.05) is 11.6 Å². The first-order valence-electron chi connectivity index (χ1n) is 6.87. The Morgan fingerprint density at radius 3 is 3.05 bits per heavy atom. The Balaban J connectivity index is 1.92. The molecule has 1 aromatic carbocycles. The molecule has 0 bridgehead atoms. The van der Waals surface area contributed by atoms with E-state index in [0.717, 1.165) is 30.7 Å². The highest BCUT2D eigenvalue weighted by molar-refractivity contribution is 8.00. The SMILES string of the molecule is O=C(Nc1cccc(CCCCl)c1)C1CCCCS1. The quantitative estimate of drug-likeness (QED) is 0.830. The van der Waals surface area contributed by atoms with Crippen LogP contribution in [0.3, 0.4) is 0 Å². The van der Waals surface area contributed by atoms with Crippen molar-refractivity contribution in [1.82, 2.24) is 0 Å². The molecule has 1 aliphatic heterocycles. The van der Waals surface area contributed by atoms with Crippen LogP contribution < -0.4 is 5.32 Å². The fourth-order valence-electron chi connectivity index (χ4n) is 2.25. The van der Waals surface area contributed by atoms with E-state index in [4.69, 9.17) is 11.6 Å². The first-order valence-corrected chi connectivity index (χ1v) is 8.45. The maximum atomic E-state index is 12.1. The standard InChI is InChI=1S/C15H20ClNOS/c16-9-4-6-12-5-3-7-13(11-12)17-15(18)14-8-1-2-10-19-14/h3,5,7,11,14H,1-2,4,6,8-10H2,(H,17,18). The van der Waals surface area contributed by atoms with Crippen LogP contribution in [0, 0.1) is 0 Å². The zero-order chi connectivity index (χ0) is 13.5. The highest BCUT2D eigenvalue weighted by Gasteiger charge is 2.21. The summed E-state index contributed by atoms with van der Waals surface area (Å²) in [6.07, 6.45) is 5.34. The van der Waals surface area contributed by atoms with Gasteiger partial charge in [-0.1, -0.05) is 18.6 Å². The lowest BCUT2D eigenvalue weighted by atomic mass is 10.1. The third kappa shape index (κ3) is 4.73. The minimum absolute atomic E-state index is 0.125. The van der Waals surface area contributed by atoms with Crippen molar-refractivity contribution in [2.24, 2.45) is 0 Å². The van der Waals surface area contributed by atoms with Crippen molar-refractivity contribution in [3.63, 3.8) is 0 Å². The lowest BCUT2D eigenvalue weighted by molar-refractivity contribution is -0.115. The molecule has 1 atom stereocenters. The van der Waals surface area contributed by atoms with Gasteiger partial charge in [0.15, 0.2) is 0 Å². The molecule has 1 unspecified atom stereocenters. The number of carbonyl (C=O) groups is 1. The molecule has 1 saturated heterocycles. The van der Waals surface area contributed by atoms with Gasteiger partial charge in [0.2, 0.25) is 5.91 Å². The van der Waals surface area contributed by atoms with Crippen molar-refractivity contribution in [3.05, 3.63) is 29.8 Å². The van der Waals surface area contributed by atoms with E-state index < -0.39 is 0 Å². The number of halogens is 1. The second kappa shape index (κ2) is 7.81. The molecule has 2 rings (SSSR count). The van der Waals surface area contributed by atoms with Crippen molar-refractivity contribution in [2.45, 2.75) is 37.4 Å². The third-order valence-corrected chi connectivity index (χ3v) is 4.91. The number of benzene rings is 1. The molecule has 0 radical (unpaired) electrons. The Morgan fingerprint density at radius 1 is 1.42 bits per heavy atom. The summed E-state index contributed by atoms with van der Waals surface area (Å²) in [6, 6.07) is 8.08. The summed E-state index contributed by atoms with van der Waals surface area (Å²) >= 11 is 7.48. The van der Waals surface area contributed by atoms with Crippen LogP contribution >= 0.6 is 23.4 Å². The second-order valence-corrected chi connectivity index (χ2v) is 6.53. The summed E-state index contributed by atoms with van der Waals surface area (Å²) in [5.41, 5.74) is 2.14. The highest BCUT2D eigenvalue weighted by Crippen LogP contribution is 2.26. The fraction of sp³-hybridized carbons (Fsp3) is 0.533. The van der Waals surface area contributed by atoms with E-state index in [9.17, 15) is 4.79 Å². The van der Waals surface area contributed by atoms with Gasteiger partial charge in [0.1, 0.15) is 0 Å². The topological polar surface area (TPSA) is 29.1 Å². The van der Waals surface area contributed by atoms with Gasteiger partial charge in [-0.3, -0.25) is 4.79 Å². The molecule has 19 heavy (non-hydrogen) atoms. The summed E-state index contributed by atoms with van der Waals surface area (Å²) in [5, 5.41) is 3.16. The molecule has 0 spiro atoms. The maximum absolute atomic E-state index is 12.1. The average Bonchev–Trinajstić information content (AvgIpc) is 2.46. The van der Waals surface area contributed by atoms with Gasteiger partial charge in [-0.15, -0.1) is 23.4 Å². The van der Waals surface area contributed by atoms with Crippen LogP contribution in [0.2, 0.25) is 0 Å². The molecule has 1 heterocycles. The second-order valence-electron chi connectivity index (χ2n) is 4.84. The van der Waals surface area contributed by atoms with Gasteiger partial charge >= 0.3 is 0 Å². The summed E-state index contributed by atoms with van der Waals surface area (Å²) < 4.78 is 0. The van der Waals surface area contributed by atoms with E-state index in [1.165, 1.54) is 18.4 Å². The Morgan fingerprint density at radius 2 is 2.32 bits per heavy atom. The number of hydrogen-bond acceptors (Lipinski definition) is 2. The van der Waals surface area contributed by atoms with Gasteiger partial charge in [-0.25, -0.2) is 0 Å². The van der Waals surface area contributed by atoms with Crippen LogP contribution in [-0.2, 0) is 11.2 Å². The van der Waals surface area contributed by atoms with E-state index in [-0.39, 0.29) is 11.2 Å². The van der Waals surface area contributed by atoms with Gasteiger partial charge < -0.3 is 5.32 Å². The number of aryl methyl sites for hydroxylation is 1. The van der Waals surface area contributed by atoms with E-state index in [2.05, 4.69) is 17.4 Å². The minimum atomic E-state index is 0.125. The molecule has 2 nitrogen and oxygen atoms in total. The first-order chi connectivity index (χ1) is 9.29. The monoisotopic (exact) mass is 297 g/mol. The lowest BCUT2D eigenvalue weighted by Gasteiger charge is -2.20. The average molecular weight is 298 g/mol. The number of amides is 1.